The molecule has 1 N–H and O–H groups in total. The van der Waals surface area contributed by atoms with E-state index >= 15 is 0 Å². The summed E-state index contributed by atoms with van der Waals surface area (Å²) in [6, 6.07) is 13.6. The molecule has 1 amide bonds. The van der Waals surface area contributed by atoms with Crippen LogP contribution in [0.4, 0.5) is 4.39 Å². The number of halogens is 1. The van der Waals surface area contributed by atoms with Gasteiger partial charge in [-0.25, -0.2) is 12.8 Å². The van der Waals surface area contributed by atoms with Crippen molar-refractivity contribution in [1.82, 2.24) is 9.62 Å². The highest BCUT2D eigenvalue weighted by Gasteiger charge is 2.26. The van der Waals surface area contributed by atoms with Crippen LogP contribution < -0.4 is 5.32 Å². The molecule has 7 heteroatoms. The molecule has 0 aliphatic heterocycles. The maximum absolute atomic E-state index is 13.1. The van der Waals surface area contributed by atoms with Gasteiger partial charge in [0, 0.05) is 13.1 Å². The fourth-order valence-electron chi connectivity index (χ4n) is 2.25. The van der Waals surface area contributed by atoms with Crippen molar-refractivity contribution in [3.8, 4) is 0 Å². The Morgan fingerprint density at radius 1 is 1.08 bits per heavy atom. The van der Waals surface area contributed by atoms with Gasteiger partial charge in [-0.1, -0.05) is 37.3 Å². The Morgan fingerprint density at radius 3 is 2.32 bits per heavy atom. The summed E-state index contributed by atoms with van der Waals surface area (Å²) in [5.41, 5.74) is 0.761. The number of sulfonamides is 1. The lowest BCUT2D eigenvalue weighted by Crippen LogP contribution is -2.40. The summed E-state index contributed by atoms with van der Waals surface area (Å²) in [7, 11) is -3.93. The number of hydrogen-bond donors (Lipinski definition) is 1. The minimum atomic E-state index is -3.93. The van der Waals surface area contributed by atoms with E-state index in [1.807, 2.05) is 13.0 Å². The first-order valence-electron chi connectivity index (χ1n) is 8.00. The van der Waals surface area contributed by atoms with Crippen LogP contribution in [0.3, 0.4) is 0 Å². The second-order valence-corrected chi connectivity index (χ2v) is 7.50. The van der Waals surface area contributed by atoms with E-state index in [1.54, 1.807) is 24.3 Å². The summed E-state index contributed by atoms with van der Waals surface area (Å²) in [6.45, 7) is 2.15. The first kappa shape index (κ1) is 19.1. The third-order valence-electron chi connectivity index (χ3n) is 3.55. The van der Waals surface area contributed by atoms with E-state index in [4.69, 9.17) is 0 Å². The first-order chi connectivity index (χ1) is 11.9. The van der Waals surface area contributed by atoms with Gasteiger partial charge in [0.2, 0.25) is 15.9 Å². The number of rotatable bonds is 8. The molecule has 2 aromatic rings. The third-order valence-corrected chi connectivity index (χ3v) is 5.35. The molecule has 2 aromatic carbocycles. The smallest absolute Gasteiger partial charge is 0.243 e. The Kier molecular flexibility index (Phi) is 6.66. The van der Waals surface area contributed by atoms with E-state index in [2.05, 4.69) is 5.32 Å². The van der Waals surface area contributed by atoms with E-state index in [1.165, 1.54) is 12.1 Å². The molecule has 0 heterocycles. The summed E-state index contributed by atoms with van der Waals surface area (Å²) in [4.78, 5) is 12.0. The molecule has 0 atom stereocenters. The summed E-state index contributed by atoms with van der Waals surface area (Å²) < 4.78 is 40.0. The Bertz CT molecular complexity index is 793. The van der Waals surface area contributed by atoms with Gasteiger partial charge in [-0.2, -0.15) is 4.31 Å². The van der Waals surface area contributed by atoms with Crippen LogP contribution in [0, 0.1) is 5.82 Å². The number of hydrogen-bond acceptors (Lipinski definition) is 3. The van der Waals surface area contributed by atoms with Crippen LogP contribution in [0.15, 0.2) is 59.5 Å². The minimum absolute atomic E-state index is 0.0480. The molecule has 0 unspecified atom stereocenters. The summed E-state index contributed by atoms with van der Waals surface area (Å²) in [5, 5.41) is 2.68. The molecule has 0 spiro atoms. The van der Waals surface area contributed by atoms with Crippen LogP contribution in [0.2, 0.25) is 0 Å². The van der Waals surface area contributed by atoms with Gasteiger partial charge in [0.15, 0.2) is 0 Å². The van der Waals surface area contributed by atoms with Crippen LogP contribution in [0.5, 0.6) is 0 Å². The second-order valence-electron chi connectivity index (χ2n) is 5.56. The molecule has 0 aromatic heterocycles. The van der Waals surface area contributed by atoms with Crippen molar-refractivity contribution in [2.75, 3.05) is 13.1 Å². The number of benzene rings is 2. The average Bonchev–Trinajstić information content (AvgIpc) is 2.60. The van der Waals surface area contributed by atoms with Gasteiger partial charge < -0.3 is 5.32 Å². The van der Waals surface area contributed by atoms with E-state index < -0.39 is 15.8 Å². The van der Waals surface area contributed by atoms with E-state index in [0.717, 1.165) is 28.4 Å². The molecule has 25 heavy (non-hydrogen) atoms. The molecule has 0 aliphatic carbocycles. The van der Waals surface area contributed by atoms with Crippen LogP contribution in [-0.4, -0.2) is 31.7 Å². The second kappa shape index (κ2) is 8.73. The maximum Gasteiger partial charge on any atom is 0.243 e. The fourth-order valence-corrected chi connectivity index (χ4v) is 3.63. The molecule has 0 aliphatic rings. The van der Waals surface area contributed by atoms with Gasteiger partial charge in [-0.05, 0) is 36.2 Å². The van der Waals surface area contributed by atoms with Gasteiger partial charge in [-0.3, -0.25) is 4.79 Å². The Morgan fingerprint density at radius 2 is 1.72 bits per heavy atom. The molecular formula is C18H21FN2O3S. The van der Waals surface area contributed by atoms with Gasteiger partial charge in [0.1, 0.15) is 5.82 Å². The van der Waals surface area contributed by atoms with Crippen LogP contribution in [0.25, 0.3) is 0 Å². The van der Waals surface area contributed by atoms with Gasteiger partial charge in [0.25, 0.3) is 0 Å². The van der Waals surface area contributed by atoms with Crippen molar-refractivity contribution < 1.29 is 17.6 Å². The summed E-state index contributed by atoms with van der Waals surface area (Å²) >= 11 is 0. The summed E-state index contributed by atoms with van der Waals surface area (Å²) in [6.07, 6.45) is 0.759. The molecule has 2 rings (SSSR count). The van der Waals surface area contributed by atoms with Gasteiger partial charge >= 0.3 is 0 Å². The highest BCUT2D eigenvalue weighted by atomic mass is 32.2. The van der Waals surface area contributed by atoms with Crippen molar-refractivity contribution >= 4 is 15.9 Å². The molecule has 5 nitrogen and oxygen atoms in total. The van der Waals surface area contributed by atoms with Gasteiger partial charge in [0.05, 0.1) is 11.4 Å². The molecule has 0 fully saturated rings. The first-order valence-corrected chi connectivity index (χ1v) is 9.44. The molecule has 134 valence electrons. The number of carbonyl (C=O) groups excluding carboxylic acids is 1. The molecule has 0 radical (unpaired) electrons. The zero-order valence-electron chi connectivity index (χ0n) is 14.0. The molecule has 0 saturated carbocycles. The predicted molar refractivity (Wildman–Crippen MR) is 93.7 cm³/mol. The number of nitrogens with zero attached hydrogens (tertiary/aromatic N) is 1. The number of carbonyl (C=O) groups is 1. The van der Waals surface area contributed by atoms with Crippen molar-refractivity contribution in [2.45, 2.75) is 24.8 Å². The monoisotopic (exact) mass is 364 g/mol. The minimum Gasteiger partial charge on any atom is -0.355 e. The lowest BCUT2D eigenvalue weighted by atomic mass is 10.2. The highest BCUT2D eigenvalue weighted by molar-refractivity contribution is 7.89. The van der Waals surface area contributed by atoms with E-state index in [9.17, 15) is 17.6 Å². The topological polar surface area (TPSA) is 66.5 Å². The Labute approximate surface area is 147 Å². The van der Waals surface area contributed by atoms with Crippen molar-refractivity contribution in [3.63, 3.8) is 0 Å². The quantitative estimate of drug-likeness (QED) is 0.783. The highest BCUT2D eigenvalue weighted by Crippen LogP contribution is 2.18. The molecule has 0 saturated heterocycles. The Hall–Kier alpha value is -2.25. The lowest BCUT2D eigenvalue weighted by molar-refractivity contribution is -0.121. The van der Waals surface area contributed by atoms with Crippen molar-refractivity contribution in [3.05, 3.63) is 66.0 Å². The number of amides is 1. The van der Waals surface area contributed by atoms with Crippen molar-refractivity contribution in [1.29, 1.82) is 0 Å². The SMILES string of the molecule is CCCNC(=O)CN(Cc1ccccc1)S(=O)(=O)c1ccc(F)cc1. The van der Waals surface area contributed by atoms with Crippen LogP contribution >= 0.6 is 0 Å². The maximum atomic E-state index is 13.1. The normalized spacial score (nSPS) is 11.5. The van der Waals surface area contributed by atoms with Crippen molar-refractivity contribution in [2.24, 2.45) is 0 Å². The van der Waals surface area contributed by atoms with Gasteiger partial charge in [-0.15, -0.1) is 0 Å². The van der Waals surface area contributed by atoms with E-state index in [-0.39, 0.29) is 23.9 Å². The van der Waals surface area contributed by atoms with E-state index in [0.29, 0.717) is 6.54 Å². The molecule has 0 bridgehead atoms. The lowest BCUT2D eigenvalue weighted by Gasteiger charge is -2.22. The van der Waals surface area contributed by atoms with Crippen LogP contribution in [0.1, 0.15) is 18.9 Å². The molecular weight excluding hydrogens is 343 g/mol. The Balaban J connectivity index is 2.28. The van der Waals surface area contributed by atoms with Crippen LogP contribution in [-0.2, 0) is 21.4 Å². The number of nitrogens with one attached hydrogen (secondary N) is 1. The third kappa shape index (κ3) is 5.37. The average molecular weight is 364 g/mol. The summed E-state index contributed by atoms with van der Waals surface area (Å²) in [5.74, 6) is -0.891. The zero-order chi connectivity index (χ0) is 18.3. The standard InChI is InChI=1S/C18H21FN2O3S/c1-2-12-20-18(22)14-21(13-15-6-4-3-5-7-15)25(23,24)17-10-8-16(19)9-11-17/h3-11H,2,12-14H2,1H3,(H,20,22). The zero-order valence-corrected chi connectivity index (χ0v) is 14.8. The fraction of sp³-hybridized carbons (Fsp3) is 0.278. The largest absolute Gasteiger partial charge is 0.355 e. The predicted octanol–water partition coefficient (Wildman–Crippen LogP) is 2.54.